The van der Waals surface area contributed by atoms with Crippen LogP contribution in [0.15, 0.2) is 18.2 Å². The summed E-state index contributed by atoms with van der Waals surface area (Å²) in [5.41, 5.74) is 2.78. The molecule has 0 aromatic heterocycles. The van der Waals surface area contributed by atoms with E-state index in [0.717, 1.165) is 24.3 Å². The van der Waals surface area contributed by atoms with Crippen LogP contribution in [-0.4, -0.2) is 27.3 Å². The first-order valence-electron chi connectivity index (χ1n) is 6.88. The predicted molar refractivity (Wildman–Crippen MR) is 80.3 cm³/mol. The van der Waals surface area contributed by atoms with Crippen LogP contribution in [0.1, 0.15) is 31.7 Å². The van der Waals surface area contributed by atoms with Crippen LogP contribution in [0.3, 0.4) is 0 Å². The van der Waals surface area contributed by atoms with Gasteiger partial charge >= 0.3 is 0 Å². The van der Waals surface area contributed by atoms with Crippen LogP contribution in [0.4, 0.5) is 11.4 Å². The van der Waals surface area contributed by atoms with Gasteiger partial charge in [0, 0.05) is 18.8 Å². The Morgan fingerprint density at radius 2 is 1.95 bits per heavy atom. The lowest BCUT2D eigenvalue weighted by atomic mass is 10.2. The van der Waals surface area contributed by atoms with Gasteiger partial charge in [0.05, 0.1) is 11.4 Å². The van der Waals surface area contributed by atoms with E-state index >= 15 is 0 Å². The smallest absolute Gasteiger partial charge is 0.232 e. The molecule has 1 N–H and O–H groups in total. The summed E-state index contributed by atoms with van der Waals surface area (Å²) in [6, 6.07) is 6.00. The van der Waals surface area contributed by atoms with Gasteiger partial charge in [0.15, 0.2) is 0 Å². The molecule has 1 aliphatic rings. The molecule has 1 heterocycles. The topological polar surface area (TPSA) is 49.4 Å². The van der Waals surface area contributed by atoms with Crippen molar-refractivity contribution >= 4 is 21.4 Å². The lowest BCUT2D eigenvalue weighted by Gasteiger charge is -2.20. The minimum atomic E-state index is -3.22. The van der Waals surface area contributed by atoms with E-state index in [9.17, 15) is 8.42 Å². The van der Waals surface area contributed by atoms with E-state index in [0.29, 0.717) is 12.1 Å². The molecule has 0 atom stereocenters. The van der Waals surface area contributed by atoms with Crippen molar-refractivity contribution in [3.63, 3.8) is 0 Å². The maximum absolute atomic E-state index is 11.9. The molecule has 1 aliphatic heterocycles. The Labute approximate surface area is 115 Å². The van der Waals surface area contributed by atoms with Gasteiger partial charge < -0.3 is 4.90 Å². The number of nitrogens with one attached hydrogen (secondary N) is 1. The Balaban J connectivity index is 2.22. The first-order chi connectivity index (χ1) is 9.02. The van der Waals surface area contributed by atoms with Crippen LogP contribution in [0.5, 0.6) is 0 Å². The zero-order chi connectivity index (χ0) is 13.9. The summed E-state index contributed by atoms with van der Waals surface area (Å²) in [5, 5.41) is 0. The summed E-state index contributed by atoms with van der Waals surface area (Å²) in [7, 11) is -3.22. The van der Waals surface area contributed by atoms with Crippen LogP contribution in [0, 0.1) is 6.92 Å². The number of nitrogens with zero attached hydrogens (tertiary/aromatic N) is 1. The lowest BCUT2D eigenvalue weighted by Crippen LogP contribution is -2.19. The molecule has 0 aliphatic carbocycles. The number of hydrogen-bond acceptors (Lipinski definition) is 3. The molecule has 1 aromatic rings. The molecule has 1 saturated heterocycles. The fraction of sp³-hybridized carbons (Fsp3) is 0.571. The maximum Gasteiger partial charge on any atom is 0.232 e. The summed E-state index contributed by atoms with van der Waals surface area (Å²) in [6.07, 6.45) is 3.05. The van der Waals surface area contributed by atoms with Gasteiger partial charge in [-0.1, -0.05) is 13.0 Å². The normalized spacial score (nSPS) is 15.8. The summed E-state index contributed by atoms with van der Waals surface area (Å²) in [5.74, 6) is 0.167. The number of aryl methyl sites for hydroxylation is 1. The van der Waals surface area contributed by atoms with Crippen LogP contribution < -0.4 is 9.62 Å². The van der Waals surface area contributed by atoms with E-state index in [1.54, 1.807) is 0 Å². The van der Waals surface area contributed by atoms with Crippen molar-refractivity contribution in [1.82, 2.24) is 0 Å². The molecular weight excluding hydrogens is 260 g/mol. The van der Waals surface area contributed by atoms with Gasteiger partial charge in [-0.2, -0.15) is 0 Å². The summed E-state index contributed by atoms with van der Waals surface area (Å²) >= 11 is 0. The van der Waals surface area contributed by atoms with Crippen molar-refractivity contribution in [1.29, 1.82) is 0 Å². The highest BCUT2D eigenvalue weighted by molar-refractivity contribution is 7.92. The molecule has 5 heteroatoms. The molecule has 0 saturated carbocycles. The Morgan fingerprint density at radius 1 is 1.26 bits per heavy atom. The summed E-state index contributed by atoms with van der Waals surface area (Å²) in [4.78, 5) is 2.30. The average Bonchev–Trinajstić information content (AvgIpc) is 2.85. The fourth-order valence-corrected chi connectivity index (χ4v) is 3.57. The highest BCUT2D eigenvalue weighted by Crippen LogP contribution is 2.26. The van der Waals surface area contributed by atoms with Gasteiger partial charge in [-0.05, 0) is 43.9 Å². The molecule has 0 bridgehead atoms. The zero-order valence-corrected chi connectivity index (χ0v) is 12.5. The van der Waals surface area contributed by atoms with Crippen molar-refractivity contribution < 1.29 is 8.42 Å². The standard InChI is InChI=1S/C14H22N2O2S/c1-3-10-19(17,18)15-14-11-13(7-6-12(14)2)16-8-4-5-9-16/h6-7,11,15H,3-5,8-10H2,1-2H3. The van der Waals surface area contributed by atoms with Crippen molar-refractivity contribution in [3.05, 3.63) is 23.8 Å². The summed E-state index contributed by atoms with van der Waals surface area (Å²) < 4.78 is 26.4. The minimum absolute atomic E-state index is 0.167. The van der Waals surface area contributed by atoms with Gasteiger partial charge in [-0.25, -0.2) is 8.42 Å². The largest absolute Gasteiger partial charge is 0.371 e. The third-order valence-electron chi connectivity index (χ3n) is 3.43. The van der Waals surface area contributed by atoms with E-state index in [2.05, 4.69) is 15.7 Å². The molecule has 0 amide bonds. The summed E-state index contributed by atoms with van der Waals surface area (Å²) in [6.45, 7) is 5.92. The number of sulfonamides is 1. The molecule has 0 radical (unpaired) electrons. The van der Waals surface area contributed by atoms with E-state index in [-0.39, 0.29) is 5.75 Å². The van der Waals surface area contributed by atoms with E-state index in [4.69, 9.17) is 0 Å². The second kappa shape index (κ2) is 5.82. The second-order valence-corrected chi connectivity index (χ2v) is 6.96. The van der Waals surface area contributed by atoms with Gasteiger partial charge in [0.1, 0.15) is 0 Å². The Morgan fingerprint density at radius 3 is 2.58 bits per heavy atom. The van der Waals surface area contributed by atoms with E-state index in [1.165, 1.54) is 12.8 Å². The van der Waals surface area contributed by atoms with Gasteiger partial charge in [0.25, 0.3) is 0 Å². The molecule has 106 valence electrons. The monoisotopic (exact) mass is 282 g/mol. The van der Waals surface area contributed by atoms with Crippen molar-refractivity contribution in [2.45, 2.75) is 33.1 Å². The first-order valence-corrected chi connectivity index (χ1v) is 8.53. The SMILES string of the molecule is CCCS(=O)(=O)Nc1cc(N2CCCC2)ccc1C. The van der Waals surface area contributed by atoms with Crippen LogP contribution >= 0.6 is 0 Å². The number of hydrogen-bond donors (Lipinski definition) is 1. The Bertz CT molecular complexity index is 534. The van der Waals surface area contributed by atoms with Crippen LogP contribution in [0.25, 0.3) is 0 Å². The second-order valence-electron chi connectivity index (χ2n) is 5.11. The highest BCUT2D eigenvalue weighted by atomic mass is 32.2. The quantitative estimate of drug-likeness (QED) is 0.903. The van der Waals surface area contributed by atoms with Crippen molar-refractivity contribution in [3.8, 4) is 0 Å². The predicted octanol–water partition coefficient (Wildman–Crippen LogP) is 2.75. The molecule has 1 aromatic carbocycles. The Hall–Kier alpha value is -1.23. The fourth-order valence-electron chi connectivity index (χ4n) is 2.38. The number of anilines is 2. The zero-order valence-electron chi connectivity index (χ0n) is 11.6. The van der Waals surface area contributed by atoms with Gasteiger partial charge in [0.2, 0.25) is 10.0 Å². The molecule has 1 fully saturated rings. The van der Waals surface area contributed by atoms with E-state index < -0.39 is 10.0 Å². The third kappa shape index (κ3) is 3.62. The minimum Gasteiger partial charge on any atom is -0.371 e. The van der Waals surface area contributed by atoms with Crippen LogP contribution in [0.2, 0.25) is 0 Å². The molecule has 2 rings (SSSR count). The number of benzene rings is 1. The highest BCUT2D eigenvalue weighted by Gasteiger charge is 2.15. The maximum atomic E-state index is 11.9. The lowest BCUT2D eigenvalue weighted by molar-refractivity contribution is 0.600. The third-order valence-corrected chi connectivity index (χ3v) is 4.91. The van der Waals surface area contributed by atoms with Crippen molar-refractivity contribution in [2.24, 2.45) is 0 Å². The molecule has 4 nitrogen and oxygen atoms in total. The number of rotatable bonds is 5. The molecule has 19 heavy (non-hydrogen) atoms. The van der Waals surface area contributed by atoms with E-state index in [1.807, 2.05) is 26.0 Å². The van der Waals surface area contributed by atoms with Gasteiger partial charge in [-0.3, -0.25) is 4.72 Å². The molecule has 0 spiro atoms. The first kappa shape index (κ1) is 14.2. The average molecular weight is 282 g/mol. The molecular formula is C14H22N2O2S. The molecule has 0 unspecified atom stereocenters. The van der Waals surface area contributed by atoms with Gasteiger partial charge in [-0.15, -0.1) is 0 Å². The Kier molecular flexibility index (Phi) is 4.34. The van der Waals surface area contributed by atoms with Crippen LogP contribution in [-0.2, 0) is 10.0 Å². The van der Waals surface area contributed by atoms with Crippen molar-refractivity contribution in [2.75, 3.05) is 28.5 Å².